The highest BCUT2D eigenvalue weighted by atomic mass is 16.5. The van der Waals surface area contributed by atoms with Crippen molar-refractivity contribution in [1.82, 2.24) is 0 Å². The third-order valence-corrected chi connectivity index (χ3v) is 3.65. The van der Waals surface area contributed by atoms with E-state index in [1.165, 1.54) is 0 Å². The Morgan fingerprint density at radius 1 is 0.760 bits per heavy atom. The van der Waals surface area contributed by atoms with E-state index in [1.807, 2.05) is 0 Å². The molecule has 0 aliphatic heterocycles. The molecule has 0 radical (unpaired) electrons. The monoisotopic (exact) mass is 356 g/mol. The average Bonchev–Trinajstić information content (AvgIpc) is 2.55. The van der Waals surface area contributed by atoms with Crippen LogP contribution in [0.2, 0.25) is 0 Å². The number of carboxylic acid groups (broad SMARTS) is 1. The quantitative estimate of drug-likeness (QED) is 0.255. The van der Waals surface area contributed by atoms with Gasteiger partial charge >= 0.3 is 17.9 Å². The number of ether oxygens (including phenoxy) is 2. The summed E-state index contributed by atoms with van der Waals surface area (Å²) in [5, 5.41) is 8.51. The summed E-state index contributed by atoms with van der Waals surface area (Å²) < 4.78 is 10.2. The van der Waals surface area contributed by atoms with E-state index in [0.29, 0.717) is 31.6 Å². The number of esters is 2. The molecule has 0 heterocycles. The maximum absolute atomic E-state index is 11.5. The van der Waals surface area contributed by atoms with E-state index in [0.717, 1.165) is 51.4 Å². The van der Waals surface area contributed by atoms with Gasteiger partial charge in [-0.05, 0) is 45.4 Å². The van der Waals surface area contributed by atoms with Gasteiger partial charge in [0.05, 0.1) is 13.2 Å². The summed E-state index contributed by atoms with van der Waals surface area (Å²) in [6.07, 6.45) is 8.39. The van der Waals surface area contributed by atoms with E-state index in [1.54, 1.807) is 6.92 Å². The summed E-state index contributed by atoms with van der Waals surface area (Å²) in [7, 11) is 0. The highest BCUT2D eigenvalue weighted by Crippen LogP contribution is 2.08. The number of rotatable bonds is 16. The van der Waals surface area contributed by atoms with Crippen molar-refractivity contribution < 1.29 is 29.0 Å². The Kier molecular flexibility index (Phi) is 14.5. The fourth-order valence-corrected chi connectivity index (χ4v) is 2.18. The van der Waals surface area contributed by atoms with Crippen molar-refractivity contribution in [3.8, 4) is 0 Å². The first kappa shape index (κ1) is 23.1. The predicted molar refractivity (Wildman–Crippen MR) is 95.2 cm³/mol. The van der Waals surface area contributed by atoms with Crippen LogP contribution in [0.5, 0.6) is 0 Å². The number of carbonyl (C=O) groups is 3. The first-order valence-corrected chi connectivity index (χ1v) is 9.13. The number of carbonyl (C=O) groups excluding carboxylic acids is 2. The number of hydrogen-bond acceptors (Lipinski definition) is 5. The Labute approximate surface area is 150 Å². The summed E-state index contributed by atoms with van der Waals surface area (Å²) in [5.74, 6) is -1.27. The molecule has 0 amide bonds. The van der Waals surface area contributed by atoms with Crippen LogP contribution in [0.15, 0.2) is 12.2 Å². The zero-order valence-corrected chi connectivity index (χ0v) is 15.4. The summed E-state index contributed by atoms with van der Waals surface area (Å²) in [6, 6.07) is 0. The molecule has 25 heavy (non-hydrogen) atoms. The normalized spacial score (nSPS) is 10.3. The fourth-order valence-electron chi connectivity index (χ4n) is 2.18. The summed E-state index contributed by atoms with van der Waals surface area (Å²) >= 11 is 0. The molecule has 0 saturated heterocycles. The SMILES string of the molecule is C=C(C)C(=O)OCCCCCCOC(=O)CCCCCCCC(=O)O. The van der Waals surface area contributed by atoms with Gasteiger partial charge in [0.25, 0.3) is 0 Å². The molecule has 6 nitrogen and oxygen atoms in total. The zero-order valence-electron chi connectivity index (χ0n) is 15.4. The lowest BCUT2D eigenvalue weighted by atomic mass is 10.1. The molecule has 144 valence electrons. The lowest BCUT2D eigenvalue weighted by Crippen LogP contribution is -2.07. The molecule has 6 heteroatoms. The molecule has 0 rings (SSSR count). The molecule has 0 aromatic heterocycles. The van der Waals surface area contributed by atoms with E-state index >= 15 is 0 Å². The van der Waals surface area contributed by atoms with Gasteiger partial charge < -0.3 is 14.6 Å². The van der Waals surface area contributed by atoms with Crippen LogP contribution in [0.1, 0.15) is 77.6 Å². The first-order chi connectivity index (χ1) is 11.9. The molecular formula is C19H32O6. The van der Waals surface area contributed by atoms with Crippen molar-refractivity contribution in [2.45, 2.75) is 77.6 Å². The van der Waals surface area contributed by atoms with Crippen LogP contribution in [-0.4, -0.2) is 36.2 Å². The molecule has 1 N–H and O–H groups in total. The summed E-state index contributed by atoms with van der Waals surface area (Å²) in [5.41, 5.74) is 0.409. The number of aliphatic carboxylic acids is 1. The maximum Gasteiger partial charge on any atom is 0.333 e. The van der Waals surface area contributed by atoms with Gasteiger partial charge in [-0.3, -0.25) is 9.59 Å². The van der Waals surface area contributed by atoms with Gasteiger partial charge in [-0.2, -0.15) is 0 Å². The molecule has 0 atom stereocenters. The Hall–Kier alpha value is -1.85. The van der Waals surface area contributed by atoms with Crippen molar-refractivity contribution in [3.05, 3.63) is 12.2 Å². The molecule has 0 aliphatic carbocycles. The molecule has 0 aromatic rings. The second kappa shape index (κ2) is 15.7. The summed E-state index contributed by atoms with van der Waals surface area (Å²) in [4.78, 5) is 33.0. The minimum Gasteiger partial charge on any atom is -0.481 e. The smallest absolute Gasteiger partial charge is 0.333 e. The van der Waals surface area contributed by atoms with Crippen LogP contribution in [0, 0.1) is 0 Å². The average molecular weight is 356 g/mol. The van der Waals surface area contributed by atoms with E-state index in [4.69, 9.17) is 14.6 Å². The fraction of sp³-hybridized carbons (Fsp3) is 0.737. The third kappa shape index (κ3) is 16.8. The van der Waals surface area contributed by atoms with Gasteiger partial charge in [-0.25, -0.2) is 4.79 Å². The molecule has 0 bridgehead atoms. The van der Waals surface area contributed by atoms with E-state index < -0.39 is 5.97 Å². The van der Waals surface area contributed by atoms with Gasteiger partial charge in [0, 0.05) is 18.4 Å². The molecule has 0 unspecified atom stereocenters. The Morgan fingerprint density at radius 2 is 1.24 bits per heavy atom. The first-order valence-electron chi connectivity index (χ1n) is 9.13. The number of unbranched alkanes of at least 4 members (excludes halogenated alkanes) is 7. The van der Waals surface area contributed by atoms with E-state index in [-0.39, 0.29) is 18.4 Å². The molecular weight excluding hydrogens is 324 g/mol. The van der Waals surface area contributed by atoms with Crippen LogP contribution in [-0.2, 0) is 23.9 Å². The Bertz CT molecular complexity index is 416. The lowest BCUT2D eigenvalue weighted by molar-refractivity contribution is -0.144. The van der Waals surface area contributed by atoms with E-state index in [9.17, 15) is 14.4 Å². The van der Waals surface area contributed by atoms with Crippen LogP contribution >= 0.6 is 0 Å². The van der Waals surface area contributed by atoms with Gasteiger partial charge in [0.2, 0.25) is 0 Å². The van der Waals surface area contributed by atoms with Crippen LogP contribution < -0.4 is 0 Å². The van der Waals surface area contributed by atoms with Gasteiger partial charge in [-0.15, -0.1) is 0 Å². The van der Waals surface area contributed by atoms with Crippen LogP contribution in [0.25, 0.3) is 0 Å². The zero-order chi connectivity index (χ0) is 18.9. The maximum atomic E-state index is 11.5. The van der Waals surface area contributed by atoms with Crippen molar-refractivity contribution in [2.75, 3.05) is 13.2 Å². The molecule has 0 saturated carbocycles. The van der Waals surface area contributed by atoms with E-state index in [2.05, 4.69) is 6.58 Å². The number of hydrogen-bond donors (Lipinski definition) is 1. The topological polar surface area (TPSA) is 89.9 Å². The van der Waals surface area contributed by atoms with Crippen molar-refractivity contribution >= 4 is 17.9 Å². The minimum atomic E-state index is -0.753. The van der Waals surface area contributed by atoms with Crippen molar-refractivity contribution in [2.24, 2.45) is 0 Å². The summed E-state index contributed by atoms with van der Waals surface area (Å²) in [6.45, 7) is 5.97. The highest BCUT2D eigenvalue weighted by Gasteiger charge is 2.04. The highest BCUT2D eigenvalue weighted by molar-refractivity contribution is 5.86. The second-order valence-electron chi connectivity index (χ2n) is 6.21. The second-order valence-corrected chi connectivity index (χ2v) is 6.21. The van der Waals surface area contributed by atoms with Crippen LogP contribution in [0.4, 0.5) is 0 Å². The van der Waals surface area contributed by atoms with Crippen molar-refractivity contribution in [1.29, 1.82) is 0 Å². The van der Waals surface area contributed by atoms with Crippen molar-refractivity contribution in [3.63, 3.8) is 0 Å². The van der Waals surface area contributed by atoms with Gasteiger partial charge in [-0.1, -0.05) is 25.8 Å². The third-order valence-electron chi connectivity index (χ3n) is 3.65. The Morgan fingerprint density at radius 3 is 1.80 bits per heavy atom. The minimum absolute atomic E-state index is 0.166. The molecule has 0 aliphatic rings. The standard InChI is InChI=1S/C19H32O6/c1-16(2)19(23)25-15-11-7-6-10-14-24-18(22)13-9-5-3-4-8-12-17(20)21/h1,3-15H2,2H3,(H,20,21). The predicted octanol–water partition coefficient (Wildman–Crippen LogP) is 4.02. The Balaban J connectivity index is 3.29. The molecule has 0 fully saturated rings. The number of carboxylic acids is 1. The van der Waals surface area contributed by atoms with Crippen LogP contribution in [0.3, 0.4) is 0 Å². The van der Waals surface area contributed by atoms with Gasteiger partial charge in [0.1, 0.15) is 0 Å². The molecule has 0 aromatic carbocycles. The van der Waals surface area contributed by atoms with Gasteiger partial charge in [0.15, 0.2) is 0 Å². The lowest BCUT2D eigenvalue weighted by Gasteiger charge is -2.06. The molecule has 0 spiro atoms. The largest absolute Gasteiger partial charge is 0.481 e.